The predicted octanol–water partition coefficient (Wildman–Crippen LogP) is -1.78. The Balaban J connectivity index is 2.63. The third-order valence-corrected chi connectivity index (χ3v) is 2.09. The lowest BCUT2D eigenvalue weighted by Crippen LogP contribution is -2.60. The van der Waals surface area contributed by atoms with E-state index in [1.807, 2.05) is 0 Å². The zero-order valence-corrected chi connectivity index (χ0v) is 8.14. The summed E-state index contributed by atoms with van der Waals surface area (Å²) in [5.41, 5.74) is 0. The summed E-state index contributed by atoms with van der Waals surface area (Å²) < 4.78 is 9.82. The predicted molar refractivity (Wildman–Crippen MR) is 46.4 cm³/mol. The van der Waals surface area contributed by atoms with Crippen molar-refractivity contribution in [1.29, 1.82) is 0 Å². The first-order valence-electron chi connectivity index (χ1n) is 4.34. The van der Waals surface area contributed by atoms with E-state index in [-0.39, 0.29) is 12.5 Å². The van der Waals surface area contributed by atoms with Crippen molar-refractivity contribution in [3.05, 3.63) is 0 Å². The molecule has 1 saturated heterocycles. The zero-order valence-electron chi connectivity index (χ0n) is 8.14. The van der Waals surface area contributed by atoms with Crippen molar-refractivity contribution in [3.63, 3.8) is 0 Å². The van der Waals surface area contributed by atoms with Gasteiger partial charge >= 0.3 is 0 Å². The number of hydrogen-bond acceptors (Lipinski definition) is 5. The number of carbonyl (C=O) groups is 1. The van der Waals surface area contributed by atoms with Gasteiger partial charge in [-0.05, 0) is 0 Å². The van der Waals surface area contributed by atoms with Crippen LogP contribution >= 0.6 is 0 Å². The largest absolute Gasteiger partial charge is 0.388 e. The quantitative estimate of drug-likeness (QED) is 0.496. The van der Waals surface area contributed by atoms with E-state index in [0.29, 0.717) is 0 Å². The summed E-state index contributed by atoms with van der Waals surface area (Å²) in [5, 5.41) is 21.5. The van der Waals surface area contributed by atoms with Crippen LogP contribution in [0.5, 0.6) is 0 Å². The number of ether oxygens (including phenoxy) is 2. The van der Waals surface area contributed by atoms with E-state index in [2.05, 4.69) is 5.32 Å². The van der Waals surface area contributed by atoms with Gasteiger partial charge in [0.2, 0.25) is 5.91 Å². The van der Waals surface area contributed by atoms with Gasteiger partial charge < -0.3 is 25.0 Å². The topological polar surface area (TPSA) is 88.0 Å². The number of hydrogen-bond donors (Lipinski definition) is 3. The minimum atomic E-state index is -1.06. The van der Waals surface area contributed by atoms with Crippen LogP contribution in [0.3, 0.4) is 0 Å². The van der Waals surface area contributed by atoms with Gasteiger partial charge in [-0.15, -0.1) is 0 Å². The fourth-order valence-electron chi connectivity index (χ4n) is 1.42. The molecule has 4 unspecified atom stereocenters. The second-order valence-electron chi connectivity index (χ2n) is 3.22. The Kier molecular flexibility index (Phi) is 3.82. The molecule has 14 heavy (non-hydrogen) atoms. The maximum Gasteiger partial charge on any atom is 0.217 e. The minimum Gasteiger partial charge on any atom is -0.388 e. The molecule has 0 aliphatic carbocycles. The molecule has 1 aliphatic rings. The number of rotatable bonds is 2. The summed E-state index contributed by atoms with van der Waals surface area (Å²) in [5.74, 6) is -0.315. The molecule has 4 atom stereocenters. The zero-order chi connectivity index (χ0) is 10.7. The summed E-state index contributed by atoms with van der Waals surface area (Å²) in [4.78, 5) is 10.8. The SMILES string of the molecule is COC1OCC(O)C(NC(C)=O)C1O. The van der Waals surface area contributed by atoms with Crippen LogP contribution in [0, 0.1) is 0 Å². The van der Waals surface area contributed by atoms with Crippen LogP contribution in [0.15, 0.2) is 0 Å². The van der Waals surface area contributed by atoms with Crippen LogP contribution in [0.25, 0.3) is 0 Å². The van der Waals surface area contributed by atoms with Crippen molar-refractivity contribution in [2.24, 2.45) is 0 Å². The van der Waals surface area contributed by atoms with Gasteiger partial charge in [-0.1, -0.05) is 0 Å². The molecule has 0 aromatic carbocycles. The lowest BCUT2D eigenvalue weighted by atomic mass is 10.0. The van der Waals surface area contributed by atoms with Crippen LogP contribution in [0.4, 0.5) is 0 Å². The highest BCUT2D eigenvalue weighted by Gasteiger charge is 2.39. The van der Waals surface area contributed by atoms with E-state index in [1.165, 1.54) is 14.0 Å². The Labute approximate surface area is 81.8 Å². The number of aliphatic hydroxyl groups is 2. The molecule has 3 N–H and O–H groups in total. The Morgan fingerprint density at radius 3 is 2.71 bits per heavy atom. The lowest BCUT2D eigenvalue weighted by molar-refractivity contribution is -0.235. The fraction of sp³-hybridized carbons (Fsp3) is 0.875. The molecule has 6 nitrogen and oxygen atoms in total. The smallest absolute Gasteiger partial charge is 0.217 e. The van der Waals surface area contributed by atoms with Gasteiger partial charge in [0.05, 0.1) is 12.6 Å². The highest BCUT2D eigenvalue weighted by molar-refractivity contribution is 5.73. The van der Waals surface area contributed by atoms with Crippen molar-refractivity contribution in [2.45, 2.75) is 31.5 Å². The van der Waals surface area contributed by atoms with Gasteiger partial charge in [-0.2, -0.15) is 0 Å². The summed E-state index contributed by atoms with van der Waals surface area (Å²) >= 11 is 0. The second-order valence-corrected chi connectivity index (χ2v) is 3.22. The van der Waals surface area contributed by atoms with Crippen molar-refractivity contribution < 1.29 is 24.5 Å². The molecule has 0 spiro atoms. The van der Waals surface area contributed by atoms with E-state index in [0.717, 1.165) is 0 Å². The standard InChI is InChI=1S/C8H15NO5/c1-4(10)9-6-5(11)3-14-8(13-2)7(6)12/h5-8,11-12H,3H2,1-2H3,(H,9,10). The summed E-state index contributed by atoms with van der Waals surface area (Å²) in [7, 11) is 1.39. The average Bonchev–Trinajstić information content (AvgIpc) is 2.12. The van der Waals surface area contributed by atoms with Crippen molar-refractivity contribution >= 4 is 5.91 Å². The van der Waals surface area contributed by atoms with E-state index in [4.69, 9.17) is 9.47 Å². The molecule has 82 valence electrons. The Morgan fingerprint density at radius 1 is 1.57 bits per heavy atom. The van der Waals surface area contributed by atoms with Gasteiger partial charge in [-0.25, -0.2) is 0 Å². The molecule has 1 aliphatic heterocycles. The lowest BCUT2D eigenvalue weighted by Gasteiger charge is -2.37. The summed E-state index contributed by atoms with van der Waals surface area (Å²) in [6.45, 7) is 1.34. The number of nitrogens with one attached hydrogen (secondary N) is 1. The molecule has 1 heterocycles. The molecule has 6 heteroatoms. The third kappa shape index (κ3) is 2.42. The van der Waals surface area contributed by atoms with Gasteiger partial charge in [0.1, 0.15) is 12.2 Å². The molecule has 0 aromatic rings. The highest BCUT2D eigenvalue weighted by Crippen LogP contribution is 2.15. The van der Waals surface area contributed by atoms with Gasteiger partial charge in [0.25, 0.3) is 0 Å². The van der Waals surface area contributed by atoms with Crippen LogP contribution < -0.4 is 5.32 Å². The molecule has 0 aromatic heterocycles. The van der Waals surface area contributed by atoms with Crippen molar-refractivity contribution in [1.82, 2.24) is 5.32 Å². The van der Waals surface area contributed by atoms with E-state index >= 15 is 0 Å². The van der Waals surface area contributed by atoms with Gasteiger partial charge in [0, 0.05) is 14.0 Å². The van der Waals surface area contributed by atoms with Crippen LogP contribution in [-0.2, 0) is 14.3 Å². The first kappa shape index (κ1) is 11.4. The average molecular weight is 205 g/mol. The fourth-order valence-corrected chi connectivity index (χ4v) is 1.42. The first-order chi connectivity index (χ1) is 6.56. The van der Waals surface area contributed by atoms with E-state index in [1.54, 1.807) is 0 Å². The Bertz CT molecular complexity index is 210. The van der Waals surface area contributed by atoms with Crippen molar-refractivity contribution in [3.8, 4) is 0 Å². The number of carbonyl (C=O) groups excluding carboxylic acids is 1. The molecule has 1 amide bonds. The maximum atomic E-state index is 10.8. The first-order valence-corrected chi connectivity index (χ1v) is 4.34. The molecule has 0 bridgehead atoms. The molecular formula is C8H15NO5. The highest BCUT2D eigenvalue weighted by atomic mass is 16.7. The summed E-state index contributed by atoms with van der Waals surface area (Å²) in [6.07, 6.45) is -2.79. The molecule has 1 fully saturated rings. The monoisotopic (exact) mass is 205 g/mol. The third-order valence-electron chi connectivity index (χ3n) is 2.09. The van der Waals surface area contributed by atoms with Crippen molar-refractivity contribution in [2.75, 3.05) is 13.7 Å². The van der Waals surface area contributed by atoms with Gasteiger partial charge in [-0.3, -0.25) is 4.79 Å². The number of amides is 1. The molecule has 1 rings (SSSR count). The normalized spacial score (nSPS) is 38.0. The number of methoxy groups -OCH3 is 1. The molecular weight excluding hydrogens is 190 g/mol. The second kappa shape index (κ2) is 4.70. The minimum absolute atomic E-state index is 0.0283. The van der Waals surface area contributed by atoms with Crippen LogP contribution in [0.2, 0.25) is 0 Å². The molecule has 0 radical (unpaired) electrons. The van der Waals surface area contributed by atoms with Gasteiger partial charge in [0.15, 0.2) is 6.29 Å². The Morgan fingerprint density at radius 2 is 2.21 bits per heavy atom. The van der Waals surface area contributed by atoms with E-state index in [9.17, 15) is 15.0 Å². The summed E-state index contributed by atoms with van der Waals surface area (Å²) in [6, 6.07) is -0.744. The van der Waals surface area contributed by atoms with Crippen LogP contribution in [-0.4, -0.2) is 54.4 Å². The van der Waals surface area contributed by atoms with Crippen LogP contribution in [0.1, 0.15) is 6.92 Å². The Hall–Kier alpha value is -0.690. The van der Waals surface area contributed by atoms with E-state index < -0.39 is 24.5 Å². The molecule has 0 saturated carbocycles. The maximum absolute atomic E-state index is 10.8. The number of aliphatic hydroxyl groups excluding tert-OH is 2.